The number of carbonyl (C=O) groups excluding carboxylic acids is 1. The zero-order chi connectivity index (χ0) is 19.1. The molecular weight excluding hydrogens is 374 g/mol. The summed E-state index contributed by atoms with van der Waals surface area (Å²) in [5.74, 6) is 0.803. The van der Waals surface area contributed by atoms with E-state index in [4.69, 9.17) is 4.74 Å². The molecule has 5 nitrogen and oxygen atoms in total. The summed E-state index contributed by atoms with van der Waals surface area (Å²) < 4.78 is 5.89. The van der Waals surface area contributed by atoms with Crippen molar-refractivity contribution in [3.05, 3.63) is 59.4 Å². The van der Waals surface area contributed by atoms with Gasteiger partial charge in [0.05, 0.1) is 12.2 Å². The van der Waals surface area contributed by atoms with Gasteiger partial charge in [-0.05, 0) is 75.5 Å². The predicted octanol–water partition coefficient (Wildman–Crippen LogP) is 3.67. The Kier molecular flexibility index (Phi) is 8.74. The van der Waals surface area contributed by atoms with Crippen molar-refractivity contribution < 1.29 is 9.53 Å². The SMILES string of the molecule is Cc1ccc(C)c(OCC(=O)N(Cc2ccccn2)C2CCCNCC2)c1.Cl. The third-order valence-corrected chi connectivity index (χ3v) is 5.06. The second-order valence-electron chi connectivity index (χ2n) is 7.24. The molecule has 1 fully saturated rings. The fourth-order valence-electron chi connectivity index (χ4n) is 3.48. The maximum absolute atomic E-state index is 13.1. The first-order valence-electron chi connectivity index (χ1n) is 9.73. The molecular formula is C22H30ClN3O2. The van der Waals surface area contributed by atoms with Crippen molar-refractivity contribution in [2.24, 2.45) is 0 Å². The highest BCUT2D eigenvalue weighted by Gasteiger charge is 2.25. The van der Waals surface area contributed by atoms with Crippen molar-refractivity contribution in [3.63, 3.8) is 0 Å². The number of amides is 1. The van der Waals surface area contributed by atoms with Crippen molar-refractivity contribution in [1.29, 1.82) is 0 Å². The molecule has 0 saturated carbocycles. The average Bonchev–Trinajstić information content (AvgIpc) is 2.96. The normalized spacial score (nSPS) is 16.6. The summed E-state index contributed by atoms with van der Waals surface area (Å²) in [4.78, 5) is 19.5. The van der Waals surface area contributed by atoms with Crippen LogP contribution in [0.3, 0.4) is 0 Å². The summed E-state index contributed by atoms with van der Waals surface area (Å²) in [5.41, 5.74) is 3.08. The van der Waals surface area contributed by atoms with Crippen LogP contribution >= 0.6 is 12.4 Å². The van der Waals surface area contributed by atoms with Gasteiger partial charge in [-0.25, -0.2) is 0 Å². The van der Waals surface area contributed by atoms with Crippen LogP contribution in [-0.4, -0.2) is 41.5 Å². The predicted molar refractivity (Wildman–Crippen MR) is 114 cm³/mol. The van der Waals surface area contributed by atoms with Crippen molar-refractivity contribution in [3.8, 4) is 5.75 Å². The number of rotatable bonds is 6. The lowest BCUT2D eigenvalue weighted by molar-refractivity contribution is -0.136. The van der Waals surface area contributed by atoms with Crippen LogP contribution in [0.4, 0.5) is 0 Å². The molecule has 1 atom stereocenters. The van der Waals surface area contributed by atoms with Gasteiger partial charge in [0.2, 0.25) is 0 Å². The molecule has 6 heteroatoms. The standard InChI is InChI=1S/C22H29N3O2.ClH/c1-17-8-9-18(2)21(14-17)27-16-22(26)25(15-19-6-3-4-12-24-19)20-7-5-11-23-13-10-20;/h3-4,6,8-9,12,14,20,23H,5,7,10-11,13,15-16H2,1-2H3;1H. The van der Waals surface area contributed by atoms with E-state index in [9.17, 15) is 4.79 Å². The van der Waals surface area contributed by atoms with E-state index < -0.39 is 0 Å². The molecule has 1 amide bonds. The number of hydrogen-bond donors (Lipinski definition) is 1. The molecule has 1 aromatic carbocycles. The molecule has 0 bridgehead atoms. The molecule has 0 spiro atoms. The van der Waals surface area contributed by atoms with Crippen molar-refractivity contribution in [2.75, 3.05) is 19.7 Å². The minimum Gasteiger partial charge on any atom is -0.483 e. The molecule has 1 N–H and O–H groups in total. The van der Waals surface area contributed by atoms with Gasteiger partial charge in [-0.3, -0.25) is 9.78 Å². The first kappa shape index (κ1) is 22.2. The second kappa shape index (κ2) is 11.0. The number of benzene rings is 1. The molecule has 0 radical (unpaired) electrons. The van der Waals surface area contributed by atoms with Gasteiger partial charge in [0, 0.05) is 12.2 Å². The van der Waals surface area contributed by atoms with Crippen molar-refractivity contribution >= 4 is 18.3 Å². The van der Waals surface area contributed by atoms with Crippen LogP contribution in [0.15, 0.2) is 42.6 Å². The second-order valence-corrected chi connectivity index (χ2v) is 7.24. The lowest BCUT2D eigenvalue weighted by atomic mass is 10.1. The monoisotopic (exact) mass is 403 g/mol. The lowest BCUT2D eigenvalue weighted by Gasteiger charge is -2.31. The van der Waals surface area contributed by atoms with E-state index in [1.54, 1.807) is 6.20 Å². The van der Waals surface area contributed by atoms with Gasteiger partial charge in [0.15, 0.2) is 6.61 Å². The van der Waals surface area contributed by atoms with Crippen LogP contribution < -0.4 is 10.1 Å². The molecule has 1 saturated heterocycles. The third-order valence-electron chi connectivity index (χ3n) is 5.06. The summed E-state index contributed by atoms with van der Waals surface area (Å²) in [7, 11) is 0. The molecule has 152 valence electrons. The quantitative estimate of drug-likeness (QED) is 0.799. The Hall–Kier alpha value is -2.11. The van der Waals surface area contributed by atoms with Gasteiger partial charge >= 0.3 is 0 Å². The molecule has 1 aromatic heterocycles. The third kappa shape index (κ3) is 6.21. The molecule has 2 aromatic rings. The highest BCUT2D eigenvalue weighted by molar-refractivity contribution is 5.85. The van der Waals surface area contributed by atoms with Crippen LogP contribution in [-0.2, 0) is 11.3 Å². The van der Waals surface area contributed by atoms with Gasteiger partial charge in [0.25, 0.3) is 5.91 Å². The smallest absolute Gasteiger partial charge is 0.261 e. The summed E-state index contributed by atoms with van der Waals surface area (Å²) in [5, 5.41) is 3.42. The Morgan fingerprint density at radius 3 is 2.86 bits per heavy atom. The molecule has 1 unspecified atom stereocenters. The average molecular weight is 404 g/mol. The van der Waals surface area contributed by atoms with Gasteiger partial charge < -0.3 is 15.0 Å². The zero-order valence-electron chi connectivity index (χ0n) is 16.7. The van der Waals surface area contributed by atoms with Crippen LogP contribution in [0, 0.1) is 13.8 Å². The summed E-state index contributed by atoms with van der Waals surface area (Å²) in [6, 6.07) is 12.1. The number of halogens is 1. The van der Waals surface area contributed by atoms with Gasteiger partial charge in [0.1, 0.15) is 5.75 Å². The van der Waals surface area contributed by atoms with E-state index >= 15 is 0 Å². The number of hydrogen-bond acceptors (Lipinski definition) is 4. The Morgan fingerprint density at radius 1 is 1.21 bits per heavy atom. The number of nitrogens with one attached hydrogen (secondary N) is 1. The Bertz CT molecular complexity index is 747. The molecule has 0 aliphatic carbocycles. The number of nitrogens with zero attached hydrogens (tertiary/aromatic N) is 2. The van der Waals surface area contributed by atoms with Gasteiger partial charge in [-0.15, -0.1) is 12.4 Å². The first-order valence-corrected chi connectivity index (χ1v) is 9.73. The summed E-state index contributed by atoms with van der Waals surface area (Å²) in [6.07, 6.45) is 4.82. The van der Waals surface area contributed by atoms with Crippen LogP contribution in [0.25, 0.3) is 0 Å². The highest BCUT2D eigenvalue weighted by atomic mass is 35.5. The number of carbonyl (C=O) groups is 1. The number of aryl methyl sites for hydroxylation is 2. The van der Waals surface area contributed by atoms with Crippen LogP contribution in [0.5, 0.6) is 5.75 Å². The zero-order valence-corrected chi connectivity index (χ0v) is 17.5. The van der Waals surface area contributed by atoms with E-state index in [0.29, 0.717) is 6.54 Å². The molecule has 1 aliphatic rings. The van der Waals surface area contributed by atoms with E-state index in [1.807, 2.05) is 49.1 Å². The number of pyridine rings is 1. The molecule has 2 heterocycles. The van der Waals surface area contributed by atoms with E-state index in [2.05, 4.69) is 16.4 Å². The van der Waals surface area contributed by atoms with E-state index in [-0.39, 0.29) is 31.0 Å². The minimum absolute atomic E-state index is 0. The number of ether oxygens (including phenoxy) is 1. The Balaban J connectivity index is 0.00000280. The fourth-order valence-corrected chi connectivity index (χ4v) is 3.48. The summed E-state index contributed by atoms with van der Waals surface area (Å²) in [6.45, 7) is 6.57. The van der Waals surface area contributed by atoms with Crippen LogP contribution in [0.1, 0.15) is 36.1 Å². The van der Waals surface area contributed by atoms with Gasteiger partial charge in [-0.1, -0.05) is 18.2 Å². The van der Waals surface area contributed by atoms with Crippen LogP contribution in [0.2, 0.25) is 0 Å². The summed E-state index contributed by atoms with van der Waals surface area (Å²) >= 11 is 0. The lowest BCUT2D eigenvalue weighted by Crippen LogP contribution is -2.43. The number of aromatic nitrogens is 1. The first-order chi connectivity index (χ1) is 13.1. The molecule has 28 heavy (non-hydrogen) atoms. The fraction of sp³-hybridized carbons (Fsp3) is 0.455. The van der Waals surface area contributed by atoms with Crippen molar-refractivity contribution in [2.45, 2.75) is 45.7 Å². The molecule has 1 aliphatic heterocycles. The van der Waals surface area contributed by atoms with E-state index in [0.717, 1.165) is 54.9 Å². The Labute approximate surface area is 173 Å². The van der Waals surface area contributed by atoms with Gasteiger partial charge in [-0.2, -0.15) is 0 Å². The van der Waals surface area contributed by atoms with Crippen molar-refractivity contribution in [1.82, 2.24) is 15.2 Å². The van der Waals surface area contributed by atoms with E-state index in [1.165, 1.54) is 0 Å². The molecule has 3 rings (SSSR count). The maximum atomic E-state index is 13.1. The Morgan fingerprint density at radius 2 is 2.07 bits per heavy atom. The largest absolute Gasteiger partial charge is 0.483 e. The maximum Gasteiger partial charge on any atom is 0.261 e. The minimum atomic E-state index is 0. The topological polar surface area (TPSA) is 54.5 Å². The highest BCUT2D eigenvalue weighted by Crippen LogP contribution is 2.21.